The van der Waals surface area contributed by atoms with Crippen molar-refractivity contribution in [2.45, 2.75) is 45.6 Å². The summed E-state index contributed by atoms with van der Waals surface area (Å²) < 4.78 is 0. The number of benzene rings is 1. The molecule has 1 aromatic carbocycles. The first kappa shape index (κ1) is 21.5. The number of rotatable bonds is 8. The molecule has 152 valence electrons. The van der Waals surface area contributed by atoms with Gasteiger partial charge in [0.2, 0.25) is 5.91 Å². The van der Waals surface area contributed by atoms with Gasteiger partial charge in [-0.15, -0.1) is 11.3 Å². The first-order valence-corrected chi connectivity index (χ1v) is 11.4. The molecule has 3 rings (SSSR count). The van der Waals surface area contributed by atoms with Gasteiger partial charge < -0.3 is 5.32 Å². The summed E-state index contributed by atoms with van der Waals surface area (Å²) in [6, 6.07) is 7.76. The summed E-state index contributed by atoms with van der Waals surface area (Å²) in [7, 11) is 0. The SMILES string of the molecule is CC(=O)NCCCc1ccc(C(=O)CSc2nc(C)nc3sc(C)c(C)c23)cc1. The van der Waals surface area contributed by atoms with Crippen LogP contribution in [0.15, 0.2) is 29.3 Å². The zero-order valence-electron chi connectivity index (χ0n) is 17.2. The molecule has 0 fully saturated rings. The minimum Gasteiger partial charge on any atom is -0.356 e. The standard InChI is InChI=1S/C22H25N3O2S2/c1-13-14(2)29-22-20(13)21(24-15(3)25-22)28-12-19(27)18-9-7-17(8-10-18)6-5-11-23-16(4)26/h7-10H,5-6,11-12H2,1-4H3,(H,23,26). The smallest absolute Gasteiger partial charge is 0.216 e. The predicted octanol–water partition coefficient (Wildman–Crippen LogP) is 4.66. The van der Waals surface area contributed by atoms with Crippen LogP contribution in [-0.4, -0.2) is 34.0 Å². The van der Waals surface area contributed by atoms with Crippen LogP contribution in [0.5, 0.6) is 0 Å². The number of aromatic nitrogens is 2. The minimum atomic E-state index is -0.00703. The van der Waals surface area contributed by atoms with Gasteiger partial charge >= 0.3 is 0 Å². The lowest BCUT2D eigenvalue weighted by Crippen LogP contribution is -2.21. The highest BCUT2D eigenvalue weighted by Gasteiger charge is 2.15. The number of carbonyl (C=O) groups excluding carboxylic acids is 2. The van der Waals surface area contributed by atoms with Crippen LogP contribution in [0.3, 0.4) is 0 Å². The summed E-state index contributed by atoms with van der Waals surface area (Å²) in [5.74, 6) is 1.17. The molecule has 1 N–H and O–H groups in total. The number of thiophene rings is 1. The summed E-state index contributed by atoms with van der Waals surface area (Å²) in [5, 5.41) is 4.76. The lowest BCUT2D eigenvalue weighted by atomic mass is 10.1. The molecule has 3 aromatic rings. The Morgan fingerprint density at radius 2 is 1.83 bits per heavy atom. The number of ketones is 1. The lowest BCUT2D eigenvalue weighted by Gasteiger charge is -2.06. The van der Waals surface area contributed by atoms with Gasteiger partial charge in [0.15, 0.2) is 5.78 Å². The number of thioether (sulfide) groups is 1. The maximum Gasteiger partial charge on any atom is 0.216 e. The van der Waals surface area contributed by atoms with Crippen LogP contribution in [0.1, 0.15) is 45.5 Å². The van der Waals surface area contributed by atoms with Crippen LogP contribution in [0.25, 0.3) is 10.2 Å². The second-order valence-electron chi connectivity index (χ2n) is 7.03. The van der Waals surface area contributed by atoms with E-state index >= 15 is 0 Å². The molecule has 0 radical (unpaired) electrons. The van der Waals surface area contributed by atoms with E-state index in [-0.39, 0.29) is 11.7 Å². The Morgan fingerprint density at radius 3 is 2.52 bits per heavy atom. The Labute approximate surface area is 179 Å². The highest BCUT2D eigenvalue weighted by Crippen LogP contribution is 2.35. The number of nitrogens with one attached hydrogen (secondary N) is 1. The number of hydrogen-bond acceptors (Lipinski definition) is 6. The number of hydrogen-bond donors (Lipinski definition) is 1. The van der Waals surface area contributed by atoms with E-state index in [1.54, 1.807) is 11.3 Å². The zero-order chi connectivity index (χ0) is 21.0. The number of amides is 1. The molecule has 2 heterocycles. The van der Waals surface area contributed by atoms with Crippen LogP contribution in [0.2, 0.25) is 0 Å². The number of aryl methyl sites for hydroxylation is 4. The molecule has 0 atom stereocenters. The monoisotopic (exact) mass is 427 g/mol. The van der Waals surface area contributed by atoms with E-state index < -0.39 is 0 Å². The van der Waals surface area contributed by atoms with Crippen LogP contribution >= 0.6 is 23.1 Å². The summed E-state index contributed by atoms with van der Waals surface area (Å²) in [4.78, 5) is 34.9. The quantitative estimate of drug-likeness (QED) is 0.245. The number of fused-ring (bicyclic) bond motifs is 1. The summed E-state index contributed by atoms with van der Waals surface area (Å²) in [6.07, 6.45) is 1.75. The molecule has 7 heteroatoms. The molecule has 0 saturated heterocycles. The van der Waals surface area contributed by atoms with Gasteiger partial charge in [-0.3, -0.25) is 9.59 Å². The predicted molar refractivity (Wildman–Crippen MR) is 120 cm³/mol. The van der Waals surface area contributed by atoms with E-state index in [1.807, 2.05) is 31.2 Å². The fraction of sp³-hybridized carbons (Fsp3) is 0.364. The second-order valence-corrected chi connectivity index (χ2v) is 9.20. The van der Waals surface area contributed by atoms with Crippen LogP contribution in [0.4, 0.5) is 0 Å². The van der Waals surface area contributed by atoms with E-state index in [2.05, 4.69) is 29.1 Å². The van der Waals surface area contributed by atoms with Gasteiger partial charge in [-0.2, -0.15) is 0 Å². The van der Waals surface area contributed by atoms with Crippen LogP contribution < -0.4 is 5.32 Å². The average molecular weight is 428 g/mol. The molecule has 29 heavy (non-hydrogen) atoms. The number of carbonyl (C=O) groups is 2. The van der Waals surface area contributed by atoms with Crippen molar-refractivity contribution in [2.24, 2.45) is 0 Å². The van der Waals surface area contributed by atoms with Crippen LogP contribution in [-0.2, 0) is 11.2 Å². The highest BCUT2D eigenvalue weighted by molar-refractivity contribution is 8.00. The third-order valence-electron chi connectivity index (χ3n) is 4.74. The average Bonchev–Trinajstić information content (AvgIpc) is 2.97. The lowest BCUT2D eigenvalue weighted by molar-refractivity contribution is -0.118. The molecule has 0 aliphatic rings. The first-order valence-electron chi connectivity index (χ1n) is 9.59. The van der Waals surface area contributed by atoms with Crippen LogP contribution in [0, 0.1) is 20.8 Å². The summed E-state index contributed by atoms with van der Waals surface area (Å²) in [5.41, 5.74) is 3.07. The van der Waals surface area contributed by atoms with Crippen molar-refractivity contribution < 1.29 is 9.59 Å². The van der Waals surface area contributed by atoms with E-state index in [0.717, 1.165) is 39.5 Å². The molecule has 0 unspecified atom stereocenters. The Kier molecular flexibility index (Phi) is 7.03. The summed E-state index contributed by atoms with van der Waals surface area (Å²) in [6.45, 7) is 8.26. The summed E-state index contributed by atoms with van der Waals surface area (Å²) >= 11 is 3.16. The zero-order valence-corrected chi connectivity index (χ0v) is 18.8. The van der Waals surface area contributed by atoms with Crippen molar-refractivity contribution >= 4 is 45.0 Å². The van der Waals surface area contributed by atoms with Gasteiger partial charge in [0.1, 0.15) is 15.7 Å². The maximum atomic E-state index is 12.7. The van der Waals surface area contributed by atoms with Gasteiger partial charge in [-0.05, 0) is 44.7 Å². The van der Waals surface area contributed by atoms with Gasteiger partial charge in [0.05, 0.1) is 5.75 Å². The van der Waals surface area contributed by atoms with Gasteiger partial charge in [-0.1, -0.05) is 36.0 Å². The Bertz CT molecular complexity index is 1040. The largest absolute Gasteiger partial charge is 0.356 e. The van der Waals surface area contributed by atoms with Crippen molar-refractivity contribution in [2.75, 3.05) is 12.3 Å². The van der Waals surface area contributed by atoms with E-state index in [1.165, 1.54) is 29.1 Å². The minimum absolute atomic E-state index is 0.00703. The Balaban J connectivity index is 1.62. The van der Waals surface area contributed by atoms with Gasteiger partial charge in [0.25, 0.3) is 0 Å². The molecular weight excluding hydrogens is 402 g/mol. The Hall–Kier alpha value is -2.25. The highest BCUT2D eigenvalue weighted by atomic mass is 32.2. The third-order valence-corrected chi connectivity index (χ3v) is 6.82. The van der Waals surface area contributed by atoms with Crippen molar-refractivity contribution in [1.29, 1.82) is 0 Å². The number of Topliss-reactive ketones (excluding diaryl/α,β-unsaturated/α-hetero) is 1. The van der Waals surface area contributed by atoms with Crippen molar-refractivity contribution in [3.8, 4) is 0 Å². The second kappa shape index (κ2) is 9.50. The molecule has 5 nitrogen and oxygen atoms in total. The first-order chi connectivity index (χ1) is 13.8. The van der Waals surface area contributed by atoms with Crippen molar-refractivity contribution in [3.63, 3.8) is 0 Å². The van der Waals surface area contributed by atoms with E-state index in [9.17, 15) is 9.59 Å². The molecule has 2 aromatic heterocycles. The molecule has 0 bridgehead atoms. The third kappa shape index (κ3) is 5.42. The van der Waals surface area contributed by atoms with Gasteiger partial charge in [-0.25, -0.2) is 9.97 Å². The van der Waals surface area contributed by atoms with Crippen molar-refractivity contribution in [1.82, 2.24) is 15.3 Å². The van der Waals surface area contributed by atoms with E-state index in [0.29, 0.717) is 17.9 Å². The van der Waals surface area contributed by atoms with Crippen molar-refractivity contribution in [3.05, 3.63) is 51.7 Å². The molecule has 0 aliphatic heterocycles. The Morgan fingerprint density at radius 1 is 1.10 bits per heavy atom. The normalized spacial score (nSPS) is 11.0. The molecular formula is C22H25N3O2S2. The fourth-order valence-electron chi connectivity index (χ4n) is 3.05. The topological polar surface area (TPSA) is 72.0 Å². The van der Waals surface area contributed by atoms with E-state index in [4.69, 9.17) is 0 Å². The molecule has 0 spiro atoms. The van der Waals surface area contributed by atoms with Gasteiger partial charge in [0, 0.05) is 29.3 Å². The fourth-order valence-corrected chi connectivity index (χ4v) is 5.21. The molecule has 0 aliphatic carbocycles. The maximum absolute atomic E-state index is 12.7. The molecule has 1 amide bonds. The number of nitrogens with zero attached hydrogens (tertiary/aromatic N) is 2. The molecule has 0 saturated carbocycles.